The predicted molar refractivity (Wildman–Crippen MR) is 175 cm³/mol. The molecule has 1 amide bonds. The maximum absolute atomic E-state index is 14.6. The molecule has 4 heterocycles. The molecule has 2 aromatic carbocycles. The number of ketones is 1. The summed E-state index contributed by atoms with van der Waals surface area (Å²) >= 11 is 0. The van der Waals surface area contributed by atoms with Gasteiger partial charge in [-0.1, -0.05) is 0 Å². The maximum atomic E-state index is 14.6. The van der Waals surface area contributed by atoms with Crippen LogP contribution in [0.5, 0.6) is 23.0 Å². The highest BCUT2D eigenvalue weighted by atomic mass is 16.7. The first kappa shape index (κ1) is 34.8. The molecule has 0 radical (unpaired) electrons. The summed E-state index contributed by atoms with van der Waals surface area (Å²) in [4.78, 5) is 71.0. The van der Waals surface area contributed by atoms with Gasteiger partial charge in [0.2, 0.25) is 19.2 Å². The molecule has 1 aliphatic carbocycles. The Balaban J connectivity index is 1.27. The molecular formula is C36H37N3O13. The van der Waals surface area contributed by atoms with Gasteiger partial charge in [0.05, 0.1) is 31.5 Å². The minimum atomic E-state index is -1.42. The number of rotatable bonds is 10. The number of carbonyl (C=O) groups excluding carboxylic acids is 5. The zero-order chi connectivity index (χ0) is 36.8. The van der Waals surface area contributed by atoms with Gasteiger partial charge in [-0.05, 0) is 48.7 Å². The number of methoxy groups -OCH3 is 1. The Hall–Kier alpha value is -5.64. The Morgan fingerprint density at radius 1 is 0.846 bits per heavy atom. The van der Waals surface area contributed by atoms with Gasteiger partial charge in [0.25, 0.3) is 5.91 Å². The molecule has 16 nitrogen and oxygen atoms in total. The lowest BCUT2D eigenvalue weighted by Crippen LogP contribution is -2.62. The zero-order valence-corrected chi connectivity index (χ0v) is 29.1. The summed E-state index contributed by atoms with van der Waals surface area (Å²) < 4.78 is 47.7. The summed E-state index contributed by atoms with van der Waals surface area (Å²) in [5.74, 6) is -2.34. The monoisotopic (exact) mass is 719 g/mol. The number of amides is 1. The molecule has 0 spiro atoms. The van der Waals surface area contributed by atoms with E-state index in [1.807, 2.05) is 10.8 Å². The van der Waals surface area contributed by atoms with Crippen LogP contribution in [0.4, 0.5) is 0 Å². The number of fused-ring (bicyclic) bond motifs is 6. The molecule has 2 unspecified atom stereocenters. The molecular weight excluding hydrogens is 682 g/mol. The van der Waals surface area contributed by atoms with Crippen molar-refractivity contribution in [2.24, 2.45) is 0 Å². The van der Waals surface area contributed by atoms with Crippen LogP contribution in [0.3, 0.4) is 0 Å². The SMILES string of the molecule is COc1cc2c(cc1O[C@@H]1O[C@@H](C)[C@@H](OC(C)=O)[C@@H](OC(C)=O)[C@@H]1OC(C)=O)C(=O)N(CCCn1ccnc1)C1c3cc4c(cc3C(=O)C21)OCO4. The van der Waals surface area contributed by atoms with Crippen LogP contribution in [-0.2, 0) is 39.9 Å². The Bertz CT molecular complexity index is 1930. The van der Waals surface area contributed by atoms with Crippen molar-refractivity contribution >= 4 is 29.6 Å². The smallest absolute Gasteiger partial charge is 0.303 e. The molecule has 7 rings (SSSR count). The lowest BCUT2D eigenvalue weighted by Gasteiger charge is -2.43. The standard InChI is InChI=1S/C36H37N3O13/c1-17-32(49-18(2)40)33(50-19(3)41)34(51-20(4)42)36(48-17)52-28-14-24-21(11-25(28)45-5)29-30(39(35(24)44)9-6-8-38-10-7-37-15-38)22-12-26-27(47-16-46-26)13-23(22)31(29)43/h7,10-15,17,29-30,32-34,36H,6,8-9,16H2,1-5H3/t17-,29?,30?,32+,33+,34-,36-/m0/s1. The zero-order valence-electron chi connectivity index (χ0n) is 29.1. The quantitative estimate of drug-likeness (QED) is 0.220. The number of hydrogen-bond acceptors (Lipinski definition) is 14. The minimum Gasteiger partial charge on any atom is -0.493 e. The third-order valence-electron chi connectivity index (χ3n) is 9.48. The van der Waals surface area contributed by atoms with Crippen LogP contribution in [0.15, 0.2) is 43.0 Å². The number of imidazole rings is 1. The van der Waals surface area contributed by atoms with Gasteiger partial charge in [0.15, 0.2) is 41.0 Å². The first-order valence-electron chi connectivity index (χ1n) is 16.7. The van der Waals surface area contributed by atoms with Crippen molar-refractivity contribution in [1.29, 1.82) is 0 Å². The summed E-state index contributed by atoms with van der Waals surface area (Å²) in [5, 5.41) is 0. The van der Waals surface area contributed by atoms with Crippen LogP contribution in [0.25, 0.3) is 0 Å². The molecule has 0 N–H and O–H groups in total. The first-order chi connectivity index (χ1) is 24.9. The van der Waals surface area contributed by atoms with Gasteiger partial charge >= 0.3 is 17.9 Å². The van der Waals surface area contributed by atoms with E-state index in [2.05, 4.69) is 4.98 Å². The van der Waals surface area contributed by atoms with Gasteiger partial charge in [-0.2, -0.15) is 0 Å². The van der Waals surface area contributed by atoms with Crippen molar-refractivity contribution in [3.05, 3.63) is 65.2 Å². The number of ether oxygens (including phenoxy) is 8. The van der Waals surface area contributed by atoms with Crippen LogP contribution in [0.1, 0.15) is 77.9 Å². The summed E-state index contributed by atoms with van der Waals surface area (Å²) in [6.07, 6.45) is -0.399. The molecule has 4 aliphatic rings. The van der Waals surface area contributed by atoms with Gasteiger partial charge < -0.3 is 47.4 Å². The van der Waals surface area contributed by atoms with E-state index in [4.69, 9.17) is 37.9 Å². The van der Waals surface area contributed by atoms with Gasteiger partial charge in [-0.25, -0.2) is 4.98 Å². The second kappa shape index (κ2) is 13.8. The van der Waals surface area contributed by atoms with Gasteiger partial charge in [-0.3, -0.25) is 24.0 Å². The molecule has 1 aromatic heterocycles. The Labute approximate surface area is 297 Å². The largest absolute Gasteiger partial charge is 0.493 e. The maximum Gasteiger partial charge on any atom is 0.303 e. The van der Waals surface area contributed by atoms with Crippen LogP contribution < -0.4 is 18.9 Å². The molecule has 1 saturated heterocycles. The Morgan fingerprint density at radius 3 is 2.21 bits per heavy atom. The third kappa shape index (κ3) is 6.27. The number of nitrogens with zero attached hydrogens (tertiary/aromatic N) is 3. The highest BCUT2D eigenvalue weighted by Crippen LogP contribution is 2.54. The van der Waals surface area contributed by atoms with E-state index in [0.717, 1.165) is 13.8 Å². The summed E-state index contributed by atoms with van der Waals surface area (Å²) in [6, 6.07) is 5.87. The molecule has 0 bridgehead atoms. The average molecular weight is 720 g/mol. The highest BCUT2D eigenvalue weighted by Gasteiger charge is 2.53. The Kier molecular flexibility index (Phi) is 9.25. The minimum absolute atomic E-state index is 0.0250. The number of Topliss-reactive ketones (excluding diaryl/α,β-unsaturated/α-hetero) is 1. The fraction of sp³-hybridized carbons (Fsp3) is 0.444. The number of carbonyl (C=O) groups is 5. The van der Waals surface area contributed by atoms with E-state index in [1.54, 1.807) is 42.5 Å². The molecule has 1 fully saturated rings. The number of aryl methyl sites for hydroxylation is 1. The normalized spacial score (nSPS) is 25.5. The molecule has 0 saturated carbocycles. The third-order valence-corrected chi connectivity index (χ3v) is 9.48. The first-order valence-corrected chi connectivity index (χ1v) is 16.7. The number of hydrogen-bond donors (Lipinski definition) is 0. The number of benzene rings is 2. The van der Waals surface area contributed by atoms with Gasteiger partial charge in [0, 0.05) is 57.4 Å². The van der Waals surface area contributed by atoms with Crippen molar-refractivity contribution in [2.45, 2.75) is 83.3 Å². The molecule has 52 heavy (non-hydrogen) atoms. The van der Waals surface area contributed by atoms with Gasteiger partial charge in [0.1, 0.15) is 0 Å². The molecule has 274 valence electrons. The summed E-state index contributed by atoms with van der Waals surface area (Å²) in [5.41, 5.74) is 1.73. The van der Waals surface area contributed by atoms with Crippen LogP contribution >= 0.6 is 0 Å². The molecule has 3 aliphatic heterocycles. The lowest BCUT2D eigenvalue weighted by atomic mass is 9.82. The van der Waals surface area contributed by atoms with E-state index in [0.29, 0.717) is 47.7 Å². The van der Waals surface area contributed by atoms with Crippen LogP contribution in [-0.4, -0.2) is 95.2 Å². The van der Waals surface area contributed by atoms with E-state index >= 15 is 0 Å². The van der Waals surface area contributed by atoms with E-state index in [1.165, 1.54) is 20.1 Å². The van der Waals surface area contributed by atoms with Crippen molar-refractivity contribution in [3.63, 3.8) is 0 Å². The van der Waals surface area contributed by atoms with E-state index < -0.39 is 60.6 Å². The van der Waals surface area contributed by atoms with Crippen LogP contribution in [0.2, 0.25) is 0 Å². The predicted octanol–water partition coefficient (Wildman–Crippen LogP) is 3.11. The molecule has 3 aromatic rings. The second-order valence-electron chi connectivity index (χ2n) is 12.9. The molecule has 16 heteroatoms. The van der Waals surface area contributed by atoms with E-state index in [9.17, 15) is 24.0 Å². The fourth-order valence-electron chi connectivity index (χ4n) is 7.39. The highest BCUT2D eigenvalue weighted by molar-refractivity contribution is 6.11. The lowest BCUT2D eigenvalue weighted by molar-refractivity contribution is -0.280. The second-order valence-corrected chi connectivity index (χ2v) is 12.9. The van der Waals surface area contributed by atoms with E-state index in [-0.39, 0.29) is 35.5 Å². The summed E-state index contributed by atoms with van der Waals surface area (Å²) in [7, 11) is 1.40. The Morgan fingerprint density at radius 2 is 1.54 bits per heavy atom. The topological polar surface area (TPSA) is 180 Å². The average Bonchev–Trinajstić information content (AvgIpc) is 3.84. The van der Waals surface area contributed by atoms with Crippen molar-refractivity contribution in [3.8, 4) is 23.0 Å². The van der Waals surface area contributed by atoms with Crippen LogP contribution in [0, 0.1) is 0 Å². The van der Waals surface area contributed by atoms with Crippen molar-refractivity contribution < 1.29 is 61.9 Å². The summed E-state index contributed by atoms with van der Waals surface area (Å²) in [6.45, 7) is 6.00. The van der Waals surface area contributed by atoms with Crippen molar-refractivity contribution in [2.75, 3.05) is 20.4 Å². The molecule has 7 atom stereocenters. The van der Waals surface area contributed by atoms with Crippen molar-refractivity contribution in [1.82, 2.24) is 14.5 Å². The number of esters is 3. The van der Waals surface area contributed by atoms with Gasteiger partial charge in [-0.15, -0.1) is 0 Å². The number of aromatic nitrogens is 2. The fourth-order valence-corrected chi connectivity index (χ4v) is 7.39.